The van der Waals surface area contributed by atoms with Crippen molar-refractivity contribution < 1.29 is 43.5 Å². The van der Waals surface area contributed by atoms with E-state index in [0.29, 0.717) is 12.8 Å². The van der Waals surface area contributed by atoms with Crippen molar-refractivity contribution in [3.63, 3.8) is 0 Å². The average molecular weight is 749 g/mol. The zero-order valence-electron chi connectivity index (χ0n) is 29.8. The first kappa shape index (κ1) is 46.4. The van der Waals surface area contributed by atoms with Crippen LogP contribution < -0.4 is 43.4 Å². The summed E-state index contributed by atoms with van der Waals surface area (Å²) in [6.45, 7) is 12.0. The first-order valence-electron chi connectivity index (χ1n) is 16.5. The maximum absolute atomic E-state index is 13.6. The number of thiol groups is 2. The second-order valence-corrected chi connectivity index (χ2v) is 13.5. The van der Waals surface area contributed by atoms with E-state index < -0.39 is 108 Å². The van der Waals surface area contributed by atoms with Crippen LogP contribution in [-0.4, -0.2) is 106 Å². The molecule has 0 spiro atoms. The van der Waals surface area contributed by atoms with Crippen molar-refractivity contribution >= 4 is 72.6 Å². The number of rotatable bonds is 23. The van der Waals surface area contributed by atoms with E-state index in [0.717, 1.165) is 0 Å². The van der Waals surface area contributed by atoms with Gasteiger partial charge < -0.3 is 48.5 Å². The molecule has 0 bridgehead atoms. The van der Waals surface area contributed by atoms with Gasteiger partial charge in [-0.05, 0) is 31.1 Å². The van der Waals surface area contributed by atoms with Crippen molar-refractivity contribution in [2.75, 3.05) is 11.5 Å². The third-order valence-electron chi connectivity index (χ3n) is 7.99. The molecule has 9 unspecified atom stereocenters. The zero-order chi connectivity index (χ0) is 38.9. The maximum Gasteiger partial charge on any atom is 0.326 e. The number of primary amides is 1. The number of carbonyl (C=O) groups excluding carboxylic acids is 7. The van der Waals surface area contributed by atoms with Crippen molar-refractivity contribution in [1.29, 1.82) is 0 Å². The van der Waals surface area contributed by atoms with Gasteiger partial charge in [0.2, 0.25) is 41.4 Å². The fourth-order valence-corrected chi connectivity index (χ4v) is 5.02. The predicted molar refractivity (Wildman–Crippen MR) is 193 cm³/mol. The molecule has 0 aromatic heterocycles. The fourth-order valence-electron chi connectivity index (χ4n) is 4.50. The summed E-state index contributed by atoms with van der Waals surface area (Å²) < 4.78 is 0. The molecule has 0 saturated carbocycles. The smallest absolute Gasteiger partial charge is 0.326 e. The molecule has 0 fully saturated rings. The van der Waals surface area contributed by atoms with Crippen molar-refractivity contribution in [1.82, 2.24) is 31.9 Å². The highest BCUT2D eigenvalue weighted by molar-refractivity contribution is 7.80. The Morgan fingerprint density at radius 2 is 0.940 bits per heavy atom. The summed E-state index contributed by atoms with van der Waals surface area (Å²) in [7, 11) is 0. The summed E-state index contributed by atoms with van der Waals surface area (Å²) in [5.74, 6) is -8.12. The van der Waals surface area contributed by atoms with E-state index in [1.807, 2.05) is 20.8 Å². The maximum atomic E-state index is 13.6. The molecule has 50 heavy (non-hydrogen) atoms. The second kappa shape index (κ2) is 23.0. The lowest BCUT2D eigenvalue weighted by atomic mass is 9.94. The van der Waals surface area contributed by atoms with Crippen molar-refractivity contribution in [2.45, 2.75) is 116 Å². The minimum atomic E-state index is -1.44. The quantitative estimate of drug-likeness (QED) is 0.0522. The number of aliphatic carboxylic acids is 1. The topological polar surface area (TPSA) is 281 Å². The lowest BCUT2D eigenvalue weighted by Crippen LogP contribution is -2.62. The molecule has 11 N–H and O–H groups in total. The number of amides is 7. The van der Waals surface area contributed by atoms with Crippen LogP contribution in [0.3, 0.4) is 0 Å². The number of carboxylic acid groups (broad SMARTS) is 1. The van der Waals surface area contributed by atoms with E-state index in [4.69, 9.17) is 11.5 Å². The molecule has 0 aromatic carbocycles. The Hall–Kier alpha value is -3.58. The minimum absolute atomic E-state index is 0.0238. The van der Waals surface area contributed by atoms with Crippen LogP contribution in [0.2, 0.25) is 0 Å². The number of carbonyl (C=O) groups is 8. The van der Waals surface area contributed by atoms with Crippen LogP contribution >= 0.6 is 25.3 Å². The summed E-state index contributed by atoms with van der Waals surface area (Å²) in [4.78, 5) is 102. The highest BCUT2D eigenvalue weighted by Gasteiger charge is 2.36. The minimum Gasteiger partial charge on any atom is -0.480 e. The van der Waals surface area contributed by atoms with Gasteiger partial charge in [0, 0.05) is 11.5 Å². The van der Waals surface area contributed by atoms with E-state index in [1.165, 1.54) is 6.92 Å². The molecular weight excluding hydrogens is 693 g/mol. The van der Waals surface area contributed by atoms with Gasteiger partial charge >= 0.3 is 5.97 Å². The number of nitrogens with two attached hydrogens (primary N) is 2. The van der Waals surface area contributed by atoms with E-state index in [1.54, 1.807) is 20.8 Å². The van der Waals surface area contributed by atoms with Crippen LogP contribution in [0.25, 0.3) is 0 Å². The van der Waals surface area contributed by atoms with Crippen LogP contribution in [0, 0.1) is 17.8 Å². The fraction of sp³-hybridized carbons (Fsp3) is 0.742. The molecule has 0 saturated heterocycles. The van der Waals surface area contributed by atoms with Gasteiger partial charge in [-0.2, -0.15) is 25.3 Å². The predicted octanol–water partition coefficient (Wildman–Crippen LogP) is -1.80. The van der Waals surface area contributed by atoms with Gasteiger partial charge in [-0.1, -0.05) is 54.4 Å². The van der Waals surface area contributed by atoms with Gasteiger partial charge in [0.1, 0.15) is 36.3 Å². The molecule has 0 aromatic rings. The van der Waals surface area contributed by atoms with Crippen LogP contribution in [-0.2, 0) is 38.4 Å². The van der Waals surface area contributed by atoms with Crippen LogP contribution in [0.15, 0.2) is 0 Å². The standard InChI is InChI=1S/C31H56N8O9S2/c1-8-15(5)23(29(45)35-19(31(47)48)10-14(3)4)39-30(46)24(16(6)9-2)38-28(44)21(13-50)37-27(43)20(12-49)36-26(42)18(11-22(33)40)34-25(41)17(7)32/h14-21,23-24,49-50H,8-13,32H2,1-7H3,(H2,33,40)(H,34,41)(H,35,45)(H,36,42)(H,37,43)(H,38,44)(H,39,46)(H,47,48). The first-order valence-corrected chi connectivity index (χ1v) is 17.8. The van der Waals surface area contributed by atoms with Crippen molar-refractivity contribution in [3.05, 3.63) is 0 Å². The molecule has 19 heteroatoms. The monoisotopic (exact) mass is 748 g/mol. The molecule has 0 aliphatic carbocycles. The number of hydrogen-bond donors (Lipinski definition) is 11. The SMILES string of the molecule is CCC(C)C(NC(=O)C(CS)NC(=O)C(CS)NC(=O)C(CC(N)=O)NC(=O)C(C)N)C(=O)NC(C(=O)NC(CC(C)C)C(=O)O)C(C)CC. The van der Waals surface area contributed by atoms with Gasteiger partial charge in [-0.25, -0.2) is 4.79 Å². The number of carboxylic acids is 1. The van der Waals surface area contributed by atoms with Gasteiger partial charge in [-0.3, -0.25) is 33.6 Å². The normalized spacial score (nSPS) is 16.5. The van der Waals surface area contributed by atoms with Crippen molar-refractivity contribution in [3.8, 4) is 0 Å². The second-order valence-electron chi connectivity index (χ2n) is 12.8. The average Bonchev–Trinajstić information content (AvgIpc) is 3.04. The Balaban J connectivity index is 5.95. The van der Waals surface area contributed by atoms with Crippen LogP contribution in [0.4, 0.5) is 0 Å². The van der Waals surface area contributed by atoms with E-state index in [-0.39, 0.29) is 23.8 Å². The lowest BCUT2D eigenvalue weighted by molar-refractivity contribution is -0.143. The summed E-state index contributed by atoms with van der Waals surface area (Å²) in [6.07, 6.45) is 0.509. The number of hydrogen-bond acceptors (Lipinski definition) is 11. The lowest BCUT2D eigenvalue weighted by Gasteiger charge is -2.30. The Bertz CT molecular complexity index is 1210. The first-order chi connectivity index (χ1) is 23.2. The Morgan fingerprint density at radius 3 is 1.30 bits per heavy atom. The Kier molecular flexibility index (Phi) is 21.4. The van der Waals surface area contributed by atoms with Crippen LogP contribution in [0.5, 0.6) is 0 Å². The molecule has 0 radical (unpaired) electrons. The molecule has 0 aliphatic rings. The highest BCUT2D eigenvalue weighted by Crippen LogP contribution is 2.14. The van der Waals surface area contributed by atoms with Crippen molar-refractivity contribution in [2.24, 2.45) is 29.2 Å². The van der Waals surface area contributed by atoms with E-state index in [2.05, 4.69) is 57.2 Å². The zero-order valence-corrected chi connectivity index (χ0v) is 31.6. The van der Waals surface area contributed by atoms with Gasteiger partial charge in [0.05, 0.1) is 12.5 Å². The van der Waals surface area contributed by atoms with Gasteiger partial charge in [0.15, 0.2) is 0 Å². The molecule has 7 amide bonds. The third kappa shape index (κ3) is 16.0. The van der Waals surface area contributed by atoms with Crippen LogP contribution in [0.1, 0.15) is 74.1 Å². The Labute approximate surface area is 304 Å². The van der Waals surface area contributed by atoms with E-state index >= 15 is 0 Å². The molecule has 286 valence electrons. The van der Waals surface area contributed by atoms with E-state index in [9.17, 15) is 43.5 Å². The Morgan fingerprint density at radius 1 is 0.580 bits per heavy atom. The number of nitrogens with one attached hydrogen (secondary N) is 6. The summed E-state index contributed by atoms with van der Waals surface area (Å²) in [6, 6.07) is -8.52. The van der Waals surface area contributed by atoms with Gasteiger partial charge in [-0.15, -0.1) is 0 Å². The highest BCUT2D eigenvalue weighted by atomic mass is 32.1. The van der Waals surface area contributed by atoms with Gasteiger partial charge in [0.25, 0.3) is 0 Å². The summed E-state index contributed by atoms with van der Waals surface area (Å²) >= 11 is 8.28. The summed E-state index contributed by atoms with van der Waals surface area (Å²) in [5.41, 5.74) is 10.7. The third-order valence-corrected chi connectivity index (χ3v) is 8.72. The summed E-state index contributed by atoms with van der Waals surface area (Å²) in [5, 5.41) is 24.5. The molecule has 0 rings (SSSR count). The molecule has 17 nitrogen and oxygen atoms in total. The molecule has 0 heterocycles. The largest absolute Gasteiger partial charge is 0.480 e. The molecule has 0 aliphatic heterocycles. The molecular formula is C31H56N8O9S2. The molecule has 9 atom stereocenters.